The van der Waals surface area contributed by atoms with Crippen molar-refractivity contribution in [1.82, 2.24) is 10.7 Å². The number of hydrogen-bond donors (Lipinski definition) is 3. The Morgan fingerprint density at radius 1 is 1.08 bits per heavy atom. The monoisotopic (exact) mass is 388 g/mol. The topological polar surface area (TPSA) is 82.6 Å². The van der Waals surface area contributed by atoms with Crippen LogP contribution in [0.1, 0.15) is 11.1 Å². The fourth-order valence-corrected chi connectivity index (χ4v) is 2.25. The minimum atomic E-state index is -0.822. The molecule has 0 spiro atoms. The van der Waals surface area contributed by atoms with Crippen LogP contribution in [0.25, 0.3) is 0 Å². The van der Waals surface area contributed by atoms with Gasteiger partial charge >= 0.3 is 11.8 Å². The van der Waals surface area contributed by atoms with E-state index in [4.69, 9.17) is 0 Å². The van der Waals surface area contributed by atoms with Gasteiger partial charge in [0.05, 0.1) is 6.21 Å². The molecule has 0 saturated heterocycles. The molecule has 0 aliphatic heterocycles. The molecule has 0 aliphatic rings. The lowest BCUT2D eigenvalue weighted by Crippen LogP contribution is -2.35. The van der Waals surface area contributed by atoms with E-state index in [0.29, 0.717) is 0 Å². The lowest BCUT2D eigenvalue weighted by molar-refractivity contribution is -0.138. The number of hydrazone groups is 1. The lowest BCUT2D eigenvalue weighted by Gasteiger charge is -2.10. The van der Waals surface area contributed by atoms with Crippen LogP contribution in [-0.2, 0) is 9.59 Å². The van der Waals surface area contributed by atoms with Crippen molar-refractivity contribution in [2.75, 3.05) is 12.4 Å². The van der Waals surface area contributed by atoms with E-state index < -0.39 is 11.8 Å². The molecule has 2 rings (SSSR count). The first-order valence-corrected chi connectivity index (χ1v) is 7.97. The molecular weight excluding hydrogens is 372 g/mol. The standard InChI is InChI=1S/C17H17BrN4O2/c1-11-3-6-14(7-4-11)21-15-8-5-13(18)9-12(15)10-20-22-17(24)16(23)19-2/h3-10,21H,1-2H3,(H,19,23)(H,22,24)/b20-10-. The van der Waals surface area contributed by atoms with Gasteiger partial charge < -0.3 is 10.6 Å². The van der Waals surface area contributed by atoms with Crippen molar-refractivity contribution in [3.8, 4) is 0 Å². The fraction of sp³-hybridized carbons (Fsp3) is 0.118. The highest BCUT2D eigenvalue weighted by Crippen LogP contribution is 2.23. The fourth-order valence-electron chi connectivity index (χ4n) is 1.87. The molecule has 2 aromatic rings. The molecule has 3 N–H and O–H groups in total. The Hall–Kier alpha value is -2.67. The van der Waals surface area contributed by atoms with Crippen LogP contribution < -0.4 is 16.1 Å². The third kappa shape index (κ3) is 4.92. The number of anilines is 2. The molecule has 0 atom stereocenters. The van der Waals surface area contributed by atoms with Crippen molar-refractivity contribution >= 4 is 45.3 Å². The van der Waals surface area contributed by atoms with Gasteiger partial charge in [0.15, 0.2) is 0 Å². The van der Waals surface area contributed by atoms with Crippen molar-refractivity contribution in [2.24, 2.45) is 5.10 Å². The maximum Gasteiger partial charge on any atom is 0.329 e. The molecule has 2 amide bonds. The number of rotatable bonds is 4. The number of likely N-dealkylation sites (N-methyl/N-ethyl adjacent to an activating group) is 1. The van der Waals surface area contributed by atoms with E-state index in [1.165, 1.54) is 18.8 Å². The summed E-state index contributed by atoms with van der Waals surface area (Å²) in [5.41, 5.74) is 5.86. The van der Waals surface area contributed by atoms with Crippen molar-refractivity contribution < 1.29 is 9.59 Å². The average Bonchev–Trinajstić information content (AvgIpc) is 2.58. The van der Waals surface area contributed by atoms with Gasteiger partial charge in [-0.25, -0.2) is 5.43 Å². The second-order valence-corrected chi connectivity index (χ2v) is 5.92. The number of nitrogens with zero attached hydrogens (tertiary/aromatic N) is 1. The molecule has 0 radical (unpaired) electrons. The largest absolute Gasteiger partial charge is 0.355 e. The Balaban J connectivity index is 2.16. The summed E-state index contributed by atoms with van der Waals surface area (Å²) in [5.74, 6) is -1.57. The normalized spacial score (nSPS) is 10.5. The molecule has 0 bridgehead atoms. The molecule has 6 nitrogen and oxygen atoms in total. The number of carbonyl (C=O) groups excluding carboxylic acids is 2. The SMILES string of the molecule is CNC(=O)C(=O)N/N=C\c1cc(Br)ccc1Nc1ccc(C)cc1. The van der Waals surface area contributed by atoms with Gasteiger partial charge in [0.1, 0.15) is 0 Å². The summed E-state index contributed by atoms with van der Waals surface area (Å²) >= 11 is 3.41. The van der Waals surface area contributed by atoms with Crippen molar-refractivity contribution in [2.45, 2.75) is 6.92 Å². The first-order chi connectivity index (χ1) is 11.5. The van der Waals surface area contributed by atoms with Crippen LogP contribution in [0.5, 0.6) is 0 Å². The Bertz CT molecular complexity index is 773. The number of nitrogens with one attached hydrogen (secondary N) is 3. The first-order valence-electron chi connectivity index (χ1n) is 7.18. The molecule has 124 valence electrons. The smallest absolute Gasteiger partial charge is 0.329 e. The third-order valence-electron chi connectivity index (χ3n) is 3.15. The molecule has 0 aliphatic carbocycles. The Morgan fingerprint density at radius 3 is 2.46 bits per heavy atom. The van der Waals surface area contributed by atoms with Gasteiger partial charge in [0.25, 0.3) is 0 Å². The van der Waals surface area contributed by atoms with Crippen LogP contribution in [0.3, 0.4) is 0 Å². The van der Waals surface area contributed by atoms with E-state index in [1.807, 2.05) is 49.4 Å². The van der Waals surface area contributed by atoms with Crippen molar-refractivity contribution in [3.63, 3.8) is 0 Å². The number of halogens is 1. The van der Waals surface area contributed by atoms with E-state index in [2.05, 4.69) is 37.1 Å². The number of amides is 2. The molecule has 0 heterocycles. The minimum Gasteiger partial charge on any atom is -0.355 e. The van der Waals surface area contributed by atoms with E-state index in [-0.39, 0.29) is 0 Å². The zero-order valence-corrected chi connectivity index (χ0v) is 14.8. The van der Waals surface area contributed by atoms with Crippen molar-refractivity contribution in [1.29, 1.82) is 0 Å². The van der Waals surface area contributed by atoms with Crippen LogP contribution in [0.2, 0.25) is 0 Å². The third-order valence-corrected chi connectivity index (χ3v) is 3.64. The number of benzene rings is 2. The summed E-state index contributed by atoms with van der Waals surface area (Å²) in [5, 5.41) is 9.34. The second kappa shape index (κ2) is 8.26. The molecule has 0 aromatic heterocycles. The first kappa shape index (κ1) is 17.7. The summed E-state index contributed by atoms with van der Waals surface area (Å²) in [6.45, 7) is 2.02. The van der Waals surface area contributed by atoms with Gasteiger partial charge in [-0.3, -0.25) is 9.59 Å². The molecule has 0 saturated carbocycles. The highest BCUT2D eigenvalue weighted by Gasteiger charge is 2.09. The molecule has 0 unspecified atom stereocenters. The van der Waals surface area contributed by atoms with Gasteiger partial charge in [-0.1, -0.05) is 33.6 Å². The molecule has 24 heavy (non-hydrogen) atoms. The maximum atomic E-state index is 11.4. The number of aryl methyl sites for hydroxylation is 1. The molecular formula is C17H17BrN4O2. The summed E-state index contributed by atoms with van der Waals surface area (Å²) in [4.78, 5) is 22.5. The van der Waals surface area contributed by atoms with E-state index >= 15 is 0 Å². The number of hydrogen-bond acceptors (Lipinski definition) is 4. The predicted octanol–water partition coefficient (Wildman–Crippen LogP) is 2.70. The highest BCUT2D eigenvalue weighted by molar-refractivity contribution is 9.10. The van der Waals surface area contributed by atoms with Crippen LogP contribution in [-0.4, -0.2) is 25.1 Å². The Labute approximate surface area is 148 Å². The minimum absolute atomic E-state index is 0.751. The number of carbonyl (C=O) groups is 2. The van der Waals surface area contributed by atoms with Gasteiger partial charge in [0.2, 0.25) is 0 Å². The van der Waals surface area contributed by atoms with Crippen LogP contribution >= 0.6 is 15.9 Å². The summed E-state index contributed by atoms with van der Waals surface area (Å²) in [7, 11) is 1.38. The van der Waals surface area contributed by atoms with E-state index in [9.17, 15) is 9.59 Å². The predicted molar refractivity (Wildman–Crippen MR) is 98.4 cm³/mol. The quantitative estimate of drug-likeness (QED) is 0.427. The molecule has 2 aromatic carbocycles. The van der Waals surface area contributed by atoms with Crippen LogP contribution in [0.4, 0.5) is 11.4 Å². The van der Waals surface area contributed by atoms with Crippen molar-refractivity contribution in [3.05, 3.63) is 58.1 Å². The second-order valence-electron chi connectivity index (χ2n) is 5.00. The molecule has 0 fully saturated rings. The van der Waals surface area contributed by atoms with Crippen LogP contribution in [0, 0.1) is 6.92 Å². The zero-order valence-electron chi connectivity index (χ0n) is 13.3. The summed E-state index contributed by atoms with van der Waals surface area (Å²) in [6, 6.07) is 13.6. The Kier molecular flexibility index (Phi) is 6.08. The zero-order chi connectivity index (χ0) is 17.5. The van der Waals surface area contributed by atoms with Gasteiger partial charge in [0, 0.05) is 28.5 Å². The van der Waals surface area contributed by atoms with Gasteiger partial charge in [-0.05, 0) is 37.3 Å². The lowest BCUT2D eigenvalue weighted by atomic mass is 10.1. The molecule has 7 heteroatoms. The van der Waals surface area contributed by atoms with Gasteiger partial charge in [-0.2, -0.15) is 5.10 Å². The van der Waals surface area contributed by atoms with Crippen LogP contribution in [0.15, 0.2) is 52.0 Å². The van der Waals surface area contributed by atoms with Gasteiger partial charge in [-0.15, -0.1) is 0 Å². The van der Waals surface area contributed by atoms with E-state index in [0.717, 1.165) is 21.4 Å². The summed E-state index contributed by atoms with van der Waals surface area (Å²) < 4.78 is 0.871. The van der Waals surface area contributed by atoms with E-state index in [1.54, 1.807) is 0 Å². The summed E-state index contributed by atoms with van der Waals surface area (Å²) in [6.07, 6.45) is 1.47. The Morgan fingerprint density at radius 2 is 1.79 bits per heavy atom. The maximum absolute atomic E-state index is 11.4. The average molecular weight is 389 g/mol. The highest BCUT2D eigenvalue weighted by atomic mass is 79.9.